The van der Waals surface area contributed by atoms with Gasteiger partial charge in [0.05, 0.1) is 11.7 Å². The Balaban J connectivity index is 1.17. The van der Waals surface area contributed by atoms with Crippen LogP contribution in [0.3, 0.4) is 0 Å². The summed E-state index contributed by atoms with van der Waals surface area (Å²) in [6.45, 7) is 10.2. The van der Waals surface area contributed by atoms with E-state index in [4.69, 9.17) is 9.47 Å². The summed E-state index contributed by atoms with van der Waals surface area (Å²) in [6, 6.07) is 9.28. The Hall–Kier alpha value is -3.38. The molecular weight excluding hydrogens is 558 g/mol. The fourth-order valence-electron chi connectivity index (χ4n) is 5.94. The van der Waals surface area contributed by atoms with Crippen molar-refractivity contribution in [2.24, 2.45) is 0 Å². The van der Waals surface area contributed by atoms with Crippen molar-refractivity contribution in [2.75, 3.05) is 32.1 Å². The lowest BCUT2D eigenvalue weighted by molar-refractivity contribution is -0.0394. The van der Waals surface area contributed by atoms with Crippen molar-refractivity contribution < 1.29 is 14.3 Å². The summed E-state index contributed by atoms with van der Waals surface area (Å²) in [7, 11) is 0.998. The molecule has 2 saturated heterocycles. The van der Waals surface area contributed by atoms with E-state index < -0.39 is 8.07 Å². The lowest BCUT2D eigenvalue weighted by atomic mass is 10.1. The third-order valence-corrected chi connectivity index (χ3v) is 10.2. The molecule has 11 heteroatoms. The number of anilines is 1. The molecule has 0 aromatic carbocycles. The molecule has 4 aromatic rings. The Kier molecular flexibility index (Phi) is 8.76. The quantitative estimate of drug-likeness (QED) is 0.168. The molecule has 10 nitrogen and oxygen atoms in total. The van der Waals surface area contributed by atoms with Gasteiger partial charge in [-0.25, -0.2) is 9.67 Å². The number of hydrogen-bond acceptors (Lipinski definition) is 7. The van der Waals surface area contributed by atoms with Crippen LogP contribution in [-0.2, 0) is 16.2 Å². The van der Waals surface area contributed by atoms with Crippen molar-refractivity contribution in [1.82, 2.24) is 29.2 Å². The van der Waals surface area contributed by atoms with Gasteiger partial charge in [-0.3, -0.25) is 14.7 Å². The zero-order valence-corrected chi connectivity index (χ0v) is 26.8. The molecule has 1 N–H and O–H groups in total. The van der Waals surface area contributed by atoms with Crippen molar-refractivity contribution in [1.29, 1.82) is 0 Å². The second-order valence-electron chi connectivity index (χ2n) is 13.0. The fourth-order valence-corrected chi connectivity index (χ4v) is 6.70. The molecule has 2 atom stereocenters. The number of carbonyl (C=O) groups is 1. The summed E-state index contributed by atoms with van der Waals surface area (Å²) in [6.07, 6.45) is 12.8. The minimum Gasteiger partial charge on any atom is -0.361 e. The number of aromatic nitrogens is 5. The molecular formula is C32H43N7O3Si. The van der Waals surface area contributed by atoms with E-state index in [-0.39, 0.29) is 12.1 Å². The number of fused-ring (bicyclic) bond motifs is 1. The Morgan fingerprint density at radius 1 is 1.07 bits per heavy atom. The van der Waals surface area contributed by atoms with Gasteiger partial charge in [0, 0.05) is 74.2 Å². The van der Waals surface area contributed by atoms with Crippen LogP contribution in [0.2, 0.25) is 25.7 Å². The molecule has 6 heterocycles. The van der Waals surface area contributed by atoms with E-state index in [0.29, 0.717) is 24.3 Å². The molecule has 0 radical (unpaired) electrons. The number of likely N-dealkylation sites (tertiary alicyclic amines) is 1. The average molecular weight is 602 g/mol. The molecule has 43 heavy (non-hydrogen) atoms. The standard InChI is InChI=1S/C32H43N7O3Si/c1-37-12-7-8-27(37)29-16-24-19-34-30(17-28(24)38(29)22-41-14-15-43(2,3)4)36-32(40)26-11-10-23(18-33-26)25-20-35-39(21-25)31-9-5-6-13-42-31/h10-11,16-21,27,31H,5-9,12-15,22H2,1-4H3,(H,34,36,40)/t27-,31?/m1/s1. The van der Waals surface area contributed by atoms with Crippen molar-refractivity contribution in [3.63, 3.8) is 0 Å². The topological polar surface area (TPSA) is 99.3 Å². The van der Waals surface area contributed by atoms with Crippen LogP contribution in [0.1, 0.15) is 60.6 Å². The van der Waals surface area contributed by atoms with Crippen LogP contribution >= 0.6 is 0 Å². The van der Waals surface area contributed by atoms with Gasteiger partial charge in [-0.15, -0.1) is 0 Å². The molecule has 2 aliphatic heterocycles. The van der Waals surface area contributed by atoms with E-state index in [2.05, 4.69) is 62.6 Å². The van der Waals surface area contributed by atoms with Crippen molar-refractivity contribution >= 4 is 30.7 Å². The van der Waals surface area contributed by atoms with Crippen LogP contribution in [0.4, 0.5) is 5.82 Å². The molecule has 2 aliphatic rings. The smallest absolute Gasteiger partial charge is 0.275 e. The number of pyridine rings is 2. The van der Waals surface area contributed by atoms with Gasteiger partial charge in [-0.1, -0.05) is 25.7 Å². The molecule has 228 valence electrons. The van der Waals surface area contributed by atoms with E-state index >= 15 is 0 Å². The number of nitrogens with zero attached hydrogens (tertiary/aromatic N) is 6. The highest BCUT2D eigenvalue weighted by Gasteiger charge is 2.27. The SMILES string of the molecule is CN1CCC[C@@H]1c1cc2cnc(NC(=O)c3ccc(-c4cnn(C5CCCCO5)c4)cn3)cc2n1COCC[Si](C)(C)C. The van der Waals surface area contributed by atoms with Gasteiger partial charge < -0.3 is 19.4 Å². The van der Waals surface area contributed by atoms with Crippen LogP contribution < -0.4 is 5.32 Å². The van der Waals surface area contributed by atoms with Gasteiger partial charge in [-0.2, -0.15) is 5.10 Å². The van der Waals surface area contributed by atoms with Gasteiger partial charge in [0.15, 0.2) is 0 Å². The maximum Gasteiger partial charge on any atom is 0.275 e. The van der Waals surface area contributed by atoms with E-state index in [1.807, 2.05) is 35.4 Å². The van der Waals surface area contributed by atoms with E-state index in [1.54, 1.807) is 12.3 Å². The summed E-state index contributed by atoms with van der Waals surface area (Å²) >= 11 is 0. The normalized spacial score (nSPS) is 19.7. The third-order valence-electron chi connectivity index (χ3n) is 8.52. The molecule has 4 aromatic heterocycles. The lowest BCUT2D eigenvalue weighted by Crippen LogP contribution is -2.23. The second-order valence-corrected chi connectivity index (χ2v) is 18.7. The molecule has 1 unspecified atom stereocenters. The first kappa shape index (κ1) is 29.7. The average Bonchev–Trinajstić information content (AvgIpc) is 3.74. The number of ether oxygens (including phenoxy) is 2. The summed E-state index contributed by atoms with van der Waals surface area (Å²) in [5.74, 6) is 0.190. The van der Waals surface area contributed by atoms with E-state index in [9.17, 15) is 4.79 Å². The van der Waals surface area contributed by atoms with Crippen LogP contribution in [0.5, 0.6) is 0 Å². The van der Waals surface area contributed by atoms with Crippen LogP contribution in [0.15, 0.2) is 49.1 Å². The van der Waals surface area contributed by atoms with Crippen molar-refractivity contribution in [3.8, 4) is 11.1 Å². The van der Waals surface area contributed by atoms with Gasteiger partial charge >= 0.3 is 0 Å². The predicted octanol–water partition coefficient (Wildman–Crippen LogP) is 6.33. The van der Waals surface area contributed by atoms with E-state index in [0.717, 1.165) is 73.5 Å². The first-order chi connectivity index (χ1) is 20.7. The first-order valence-corrected chi connectivity index (χ1v) is 19.2. The summed E-state index contributed by atoms with van der Waals surface area (Å²) in [4.78, 5) is 24.6. The minimum absolute atomic E-state index is 0.0154. The summed E-state index contributed by atoms with van der Waals surface area (Å²) < 4.78 is 16.2. The maximum atomic E-state index is 13.2. The molecule has 2 fully saturated rings. The highest BCUT2D eigenvalue weighted by Crippen LogP contribution is 2.35. The lowest BCUT2D eigenvalue weighted by Gasteiger charge is -2.22. The third kappa shape index (κ3) is 6.90. The molecule has 6 rings (SSSR count). The van der Waals surface area contributed by atoms with Crippen LogP contribution in [-0.4, -0.2) is 70.0 Å². The Morgan fingerprint density at radius 3 is 2.67 bits per heavy atom. The minimum atomic E-state index is -1.19. The Bertz CT molecular complexity index is 1550. The molecule has 1 amide bonds. The highest BCUT2D eigenvalue weighted by atomic mass is 28.3. The van der Waals surface area contributed by atoms with Crippen LogP contribution in [0, 0.1) is 0 Å². The summed E-state index contributed by atoms with van der Waals surface area (Å²) in [5, 5.41) is 8.49. The zero-order chi connectivity index (χ0) is 30.0. The highest BCUT2D eigenvalue weighted by molar-refractivity contribution is 6.76. The Morgan fingerprint density at radius 2 is 1.95 bits per heavy atom. The Labute approximate surface area is 254 Å². The molecule has 0 bridgehead atoms. The fraction of sp³-hybridized carbons (Fsp3) is 0.500. The molecule has 0 aliphatic carbocycles. The van der Waals surface area contributed by atoms with Crippen LogP contribution in [0.25, 0.3) is 22.0 Å². The van der Waals surface area contributed by atoms with E-state index in [1.165, 1.54) is 12.1 Å². The largest absolute Gasteiger partial charge is 0.361 e. The number of hydrogen-bond donors (Lipinski definition) is 1. The van der Waals surface area contributed by atoms with Gasteiger partial charge in [0.2, 0.25) is 0 Å². The molecule has 0 spiro atoms. The van der Waals surface area contributed by atoms with Crippen molar-refractivity contribution in [2.45, 2.75) is 76.8 Å². The number of amides is 1. The molecule has 0 saturated carbocycles. The van der Waals surface area contributed by atoms with Gasteiger partial charge in [0.25, 0.3) is 5.91 Å². The monoisotopic (exact) mass is 601 g/mol. The summed E-state index contributed by atoms with van der Waals surface area (Å²) in [5.41, 5.74) is 4.42. The van der Waals surface area contributed by atoms with Crippen molar-refractivity contribution in [3.05, 3.63) is 60.4 Å². The van der Waals surface area contributed by atoms with Gasteiger partial charge in [-0.05, 0) is 63.9 Å². The number of carbonyl (C=O) groups excluding carboxylic acids is 1. The number of rotatable bonds is 10. The number of nitrogens with one attached hydrogen (secondary N) is 1. The maximum absolute atomic E-state index is 13.2. The van der Waals surface area contributed by atoms with Gasteiger partial charge in [0.1, 0.15) is 24.5 Å². The first-order valence-electron chi connectivity index (χ1n) is 15.5. The zero-order valence-electron chi connectivity index (χ0n) is 25.8. The second kappa shape index (κ2) is 12.7. The predicted molar refractivity (Wildman–Crippen MR) is 171 cm³/mol.